The lowest BCUT2D eigenvalue weighted by molar-refractivity contribution is 0.365. The van der Waals surface area contributed by atoms with Crippen molar-refractivity contribution in [2.75, 3.05) is 42.3 Å². The van der Waals surface area contributed by atoms with Gasteiger partial charge in [-0.1, -0.05) is 0 Å². The maximum Gasteiger partial charge on any atom is 0.183 e. The van der Waals surface area contributed by atoms with Crippen LogP contribution in [0.15, 0.2) is 12.1 Å². The van der Waals surface area contributed by atoms with Gasteiger partial charge in [0.15, 0.2) is 5.96 Å². The number of rotatable bonds is 6. The first-order valence-electron chi connectivity index (χ1n) is 7.40. The number of hydrogen-bond acceptors (Lipinski definition) is 5. The van der Waals surface area contributed by atoms with Crippen LogP contribution in [-0.4, -0.2) is 68.1 Å². The van der Waals surface area contributed by atoms with E-state index in [1.807, 2.05) is 28.2 Å². The molecule has 7 heteroatoms. The van der Waals surface area contributed by atoms with E-state index in [1.54, 1.807) is 0 Å². The van der Waals surface area contributed by atoms with Crippen molar-refractivity contribution < 1.29 is 5.11 Å². The Kier molecular flexibility index (Phi) is 9.24. The molecule has 0 heterocycles. The van der Waals surface area contributed by atoms with Crippen molar-refractivity contribution in [1.29, 1.82) is 5.41 Å². The molecule has 0 amide bonds. The number of benzene rings is 1. The monoisotopic (exact) mass is 324 g/mol. The molecule has 0 atom stereocenters. The van der Waals surface area contributed by atoms with Crippen LogP contribution in [0.4, 0.5) is 0 Å². The molecule has 132 valence electrons. The van der Waals surface area contributed by atoms with Crippen LogP contribution in [0.1, 0.15) is 16.7 Å². The molecule has 0 aromatic heterocycles. The van der Waals surface area contributed by atoms with Crippen LogP contribution in [0.3, 0.4) is 0 Å². The Labute approximate surface area is 140 Å². The van der Waals surface area contributed by atoms with Crippen molar-refractivity contribution in [2.24, 2.45) is 11.5 Å². The van der Waals surface area contributed by atoms with Crippen molar-refractivity contribution in [2.45, 2.75) is 19.6 Å². The van der Waals surface area contributed by atoms with E-state index in [2.05, 4.69) is 52.4 Å². The molecule has 0 bridgehead atoms. The Balaban J connectivity index is 0.00000108. The van der Waals surface area contributed by atoms with Crippen molar-refractivity contribution >= 4 is 5.96 Å². The van der Waals surface area contributed by atoms with Gasteiger partial charge in [0, 0.05) is 30.8 Å². The summed E-state index contributed by atoms with van der Waals surface area (Å²) >= 11 is 0. The first-order chi connectivity index (χ1) is 10.5. The predicted molar refractivity (Wildman–Crippen MR) is 96.4 cm³/mol. The van der Waals surface area contributed by atoms with Gasteiger partial charge in [-0.25, -0.2) is 0 Å². The summed E-state index contributed by atoms with van der Waals surface area (Å²) in [4.78, 5) is 6.30. The van der Waals surface area contributed by atoms with Crippen LogP contribution in [0.2, 0.25) is 0 Å². The van der Waals surface area contributed by atoms with Crippen LogP contribution < -0.4 is 11.5 Å². The van der Waals surface area contributed by atoms with Gasteiger partial charge in [0.1, 0.15) is 5.75 Å². The van der Waals surface area contributed by atoms with E-state index in [0.29, 0.717) is 5.75 Å². The molecule has 0 aliphatic heterocycles. The van der Waals surface area contributed by atoms with Gasteiger partial charge in [-0.05, 0) is 60.0 Å². The highest BCUT2D eigenvalue weighted by Gasteiger charge is 2.12. The number of aromatic hydroxyl groups is 1. The molecule has 0 saturated heterocycles. The summed E-state index contributed by atoms with van der Waals surface area (Å²) in [5, 5.41) is 16.4. The van der Waals surface area contributed by atoms with E-state index < -0.39 is 0 Å². The van der Waals surface area contributed by atoms with Gasteiger partial charge in [-0.15, -0.1) is 0 Å². The number of nitrogens with one attached hydrogen (secondary N) is 1. The summed E-state index contributed by atoms with van der Waals surface area (Å²) in [6.07, 6.45) is 0. The summed E-state index contributed by atoms with van der Waals surface area (Å²) in [5.41, 5.74) is 12.2. The number of nitrogens with zero attached hydrogens (tertiary/aromatic N) is 3. The van der Waals surface area contributed by atoms with Crippen molar-refractivity contribution in [3.63, 3.8) is 0 Å². The maximum atomic E-state index is 10.4. The lowest BCUT2D eigenvalue weighted by atomic mass is 10.0. The SMILES string of the molecule is CN(C)Cc1cc(CN(C)C)c(O)c(CN(C)C)c1.N=C(N)N. The lowest BCUT2D eigenvalue weighted by Gasteiger charge is -2.19. The average molecular weight is 324 g/mol. The number of phenolic OH excluding ortho intramolecular Hbond substituents is 1. The van der Waals surface area contributed by atoms with Crippen LogP contribution in [-0.2, 0) is 19.6 Å². The highest BCUT2D eigenvalue weighted by Crippen LogP contribution is 2.27. The van der Waals surface area contributed by atoms with Crippen molar-refractivity contribution in [1.82, 2.24) is 14.7 Å². The van der Waals surface area contributed by atoms with Crippen molar-refractivity contribution in [3.05, 3.63) is 28.8 Å². The Morgan fingerprint density at radius 2 is 1.17 bits per heavy atom. The third kappa shape index (κ3) is 9.72. The second-order valence-corrected chi connectivity index (χ2v) is 6.43. The third-order valence-electron chi connectivity index (χ3n) is 2.80. The van der Waals surface area contributed by atoms with E-state index in [-0.39, 0.29) is 5.96 Å². The molecule has 0 aliphatic rings. The van der Waals surface area contributed by atoms with E-state index in [1.165, 1.54) is 5.56 Å². The van der Waals surface area contributed by atoms with E-state index in [9.17, 15) is 5.11 Å². The zero-order chi connectivity index (χ0) is 18.2. The summed E-state index contributed by atoms with van der Waals surface area (Å²) in [6, 6.07) is 4.21. The topological polar surface area (TPSA) is 106 Å². The second kappa shape index (κ2) is 10.0. The molecule has 1 rings (SSSR count). The van der Waals surface area contributed by atoms with Gasteiger partial charge in [0.25, 0.3) is 0 Å². The summed E-state index contributed by atoms with van der Waals surface area (Å²) < 4.78 is 0. The van der Waals surface area contributed by atoms with Crippen LogP contribution in [0.25, 0.3) is 0 Å². The Morgan fingerprint density at radius 1 is 0.870 bits per heavy atom. The minimum Gasteiger partial charge on any atom is -0.507 e. The fourth-order valence-corrected chi connectivity index (χ4v) is 2.21. The molecular weight excluding hydrogens is 292 g/mol. The van der Waals surface area contributed by atoms with Crippen LogP contribution in [0, 0.1) is 5.41 Å². The molecule has 0 spiro atoms. The molecule has 7 nitrogen and oxygen atoms in total. The third-order valence-corrected chi connectivity index (χ3v) is 2.80. The largest absolute Gasteiger partial charge is 0.507 e. The predicted octanol–water partition coefficient (Wildman–Crippen LogP) is 0.416. The van der Waals surface area contributed by atoms with Gasteiger partial charge >= 0.3 is 0 Å². The molecule has 0 aliphatic carbocycles. The van der Waals surface area contributed by atoms with E-state index >= 15 is 0 Å². The molecular formula is C16H32N6O. The fraction of sp³-hybridized carbons (Fsp3) is 0.562. The molecule has 23 heavy (non-hydrogen) atoms. The second-order valence-electron chi connectivity index (χ2n) is 6.43. The maximum absolute atomic E-state index is 10.4. The first kappa shape index (κ1) is 21.2. The Hall–Kier alpha value is -1.83. The summed E-state index contributed by atoms with van der Waals surface area (Å²) in [7, 11) is 12.2. The minimum atomic E-state index is -0.333. The van der Waals surface area contributed by atoms with Crippen LogP contribution >= 0.6 is 0 Å². The summed E-state index contributed by atoms with van der Waals surface area (Å²) in [5.74, 6) is 0.102. The molecule has 0 unspecified atom stereocenters. The molecule has 6 N–H and O–H groups in total. The smallest absolute Gasteiger partial charge is 0.183 e. The molecule has 1 aromatic rings. The zero-order valence-electron chi connectivity index (χ0n) is 15.2. The summed E-state index contributed by atoms with van der Waals surface area (Å²) in [6.45, 7) is 2.40. The van der Waals surface area contributed by atoms with Gasteiger partial charge < -0.3 is 31.3 Å². The molecule has 1 aromatic carbocycles. The highest BCUT2D eigenvalue weighted by molar-refractivity contribution is 5.71. The van der Waals surface area contributed by atoms with Gasteiger partial charge in [0.05, 0.1) is 0 Å². The number of phenols is 1. The molecule has 0 fully saturated rings. The normalized spacial score (nSPS) is 10.8. The number of hydrogen-bond donors (Lipinski definition) is 4. The fourth-order valence-electron chi connectivity index (χ4n) is 2.21. The first-order valence-corrected chi connectivity index (χ1v) is 7.40. The van der Waals surface area contributed by atoms with Crippen LogP contribution in [0.5, 0.6) is 5.75 Å². The highest BCUT2D eigenvalue weighted by atomic mass is 16.3. The molecule has 0 radical (unpaired) electrons. The minimum absolute atomic E-state index is 0.333. The Bertz CT molecular complexity index is 464. The van der Waals surface area contributed by atoms with E-state index in [0.717, 1.165) is 30.8 Å². The molecule has 0 saturated carbocycles. The van der Waals surface area contributed by atoms with Gasteiger partial charge in [-0.2, -0.15) is 0 Å². The standard InChI is InChI=1S/C15H27N3O.CH5N3/c1-16(2)9-12-7-13(10-17(3)4)15(19)14(8-12)11-18(5)6;2-1(3)4/h7-8,19H,9-11H2,1-6H3;(H5,2,3,4). The average Bonchev–Trinajstić information content (AvgIpc) is 2.32. The number of nitrogens with two attached hydrogens (primary N) is 2. The quantitative estimate of drug-likeness (QED) is 0.446. The zero-order valence-corrected chi connectivity index (χ0v) is 15.2. The van der Waals surface area contributed by atoms with Crippen molar-refractivity contribution in [3.8, 4) is 5.75 Å². The van der Waals surface area contributed by atoms with Gasteiger partial charge in [-0.3, -0.25) is 5.41 Å². The van der Waals surface area contributed by atoms with E-state index in [4.69, 9.17) is 5.41 Å². The number of guanidine groups is 1. The lowest BCUT2D eigenvalue weighted by Crippen LogP contribution is -2.20. The van der Waals surface area contributed by atoms with Gasteiger partial charge in [0.2, 0.25) is 0 Å². The Morgan fingerprint density at radius 3 is 1.43 bits per heavy atom.